The van der Waals surface area contributed by atoms with Gasteiger partial charge in [-0.25, -0.2) is 4.79 Å². The van der Waals surface area contributed by atoms with Crippen molar-refractivity contribution in [2.75, 3.05) is 12.4 Å². The van der Waals surface area contributed by atoms with E-state index in [1.165, 1.54) is 25.3 Å². The first-order chi connectivity index (χ1) is 7.52. The normalized spacial score (nSPS) is 9.56. The quantitative estimate of drug-likeness (QED) is 0.671. The zero-order valence-corrected chi connectivity index (χ0v) is 8.56. The molecule has 86 valence electrons. The molecule has 0 bridgehead atoms. The van der Waals surface area contributed by atoms with Crippen LogP contribution in [0.15, 0.2) is 18.2 Å². The van der Waals surface area contributed by atoms with E-state index in [0.717, 1.165) is 0 Å². The van der Waals surface area contributed by atoms with Gasteiger partial charge >= 0.3 is 12.1 Å². The lowest BCUT2D eigenvalue weighted by Gasteiger charge is -2.07. The molecule has 1 rings (SSSR count). The summed E-state index contributed by atoms with van der Waals surface area (Å²) in [6, 6.07) is 4.15. The number of benzene rings is 1. The third-order valence-electron chi connectivity index (χ3n) is 1.84. The number of rotatable bonds is 3. The first-order valence-electron chi connectivity index (χ1n) is 4.41. The predicted octanol–water partition coefficient (Wildman–Crippen LogP) is 1.20. The van der Waals surface area contributed by atoms with Crippen molar-refractivity contribution < 1.29 is 24.5 Å². The van der Waals surface area contributed by atoms with Crippen LogP contribution in [0, 0.1) is 0 Å². The van der Waals surface area contributed by atoms with Gasteiger partial charge < -0.3 is 14.9 Å². The Kier molecular flexibility index (Phi) is 3.71. The molecule has 0 radical (unpaired) electrons. The number of carboxylic acid groups (broad SMARTS) is 1. The van der Waals surface area contributed by atoms with Crippen LogP contribution in [0.2, 0.25) is 0 Å². The minimum Gasteiger partial charge on any atom is -0.506 e. The molecular weight excluding hydrogens is 214 g/mol. The number of phenolic OH excluding ortho intramolecular Hbond substituents is 1. The van der Waals surface area contributed by atoms with Crippen LogP contribution in [-0.2, 0) is 16.0 Å². The fourth-order valence-corrected chi connectivity index (χ4v) is 1.13. The van der Waals surface area contributed by atoms with Crippen molar-refractivity contribution in [1.29, 1.82) is 0 Å². The summed E-state index contributed by atoms with van der Waals surface area (Å²) in [7, 11) is 1.19. The van der Waals surface area contributed by atoms with Crippen LogP contribution < -0.4 is 5.32 Å². The van der Waals surface area contributed by atoms with Gasteiger partial charge in [0.1, 0.15) is 5.75 Å². The number of phenols is 1. The summed E-state index contributed by atoms with van der Waals surface area (Å²) in [6.45, 7) is 0. The van der Waals surface area contributed by atoms with Gasteiger partial charge in [0.15, 0.2) is 0 Å². The Morgan fingerprint density at radius 3 is 2.69 bits per heavy atom. The maximum Gasteiger partial charge on any atom is 0.411 e. The van der Waals surface area contributed by atoms with Crippen molar-refractivity contribution in [3.8, 4) is 5.75 Å². The molecule has 6 heteroatoms. The molecule has 0 saturated carbocycles. The molecule has 6 nitrogen and oxygen atoms in total. The molecule has 0 aliphatic rings. The standard InChI is InChI=1S/C10H11NO5/c1-16-10(15)11-7-4-6(5-9(13)14)2-3-8(7)12/h2-4,12H,5H2,1H3,(H,11,15)(H,13,14). The molecule has 1 aromatic rings. The molecule has 0 heterocycles. The zero-order chi connectivity index (χ0) is 12.1. The van der Waals surface area contributed by atoms with Gasteiger partial charge in [0.05, 0.1) is 19.2 Å². The lowest BCUT2D eigenvalue weighted by Crippen LogP contribution is -2.11. The maximum atomic E-state index is 10.9. The molecule has 0 aliphatic heterocycles. The zero-order valence-electron chi connectivity index (χ0n) is 8.56. The summed E-state index contributed by atoms with van der Waals surface area (Å²) in [5.41, 5.74) is 0.585. The van der Waals surface area contributed by atoms with Gasteiger partial charge in [-0.2, -0.15) is 0 Å². The number of ether oxygens (including phenoxy) is 1. The minimum atomic E-state index is -0.991. The molecule has 0 spiro atoms. The van der Waals surface area contributed by atoms with Crippen molar-refractivity contribution in [2.24, 2.45) is 0 Å². The third-order valence-corrected chi connectivity index (χ3v) is 1.84. The van der Waals surface area contributed by atoms with Crippen LogP contribution in [-0.4, -0.2) is 29.4 Å². The van der Waals surface area contributed by atoms with Crippen molar-refractivity contribution in [3.63, 3.8) is 0 Å². The molecule has 0 aliphatic carbocycles. The first kappa shape index (κ1) is 11.8. The Bertz CT molecular complexity index is 416. The summed E-state index contributed by atoms with van der Waals surface area (Å²) in [4.78, 5) is 21.4. The summed E-state index contributed by atoms with van der Waals surface area (Å²) < 4.78 is 4.35. The van der Waals surface area contributed by atoms with Crippen LogP contribution in [0.4, 0.5) is 10.5 Å². The van der Waals surface area contributed by atoms with E-state index in [2.05, 4.69) is 10.1 Å². The lowest BCUT2D eigenvalue weighted by molar-refractivity contribution is -0.136. The van der Waals surface area contributed by atoms with E-state index in [9.17, 15) is 14.7 Å². The topological polar surface area (TPSA) is 95.9 Å². The Hall–Kier alpha value is -2.24. The van der Waals surface area contributed by atoms with E-state index in [4.69, 9.17) is 5.11 Å². The molecule has 0 unspecified atom stereocenters. The van der Waals surface area contributed by atoms with Gasteiger partial charge in [0, 0.05) is 0 Å². The Balaban J connectivity index is 2.90. The monoisotopic (exact) mass is 225 g/mol. The number of carbonyl (C=O) groups excluding carboxylic acids is 1. The molecule has 0 fully saturated rings. The molecule has 3 N–H and O–H groups in total. The van der Waals surface area contributed by atoms with Gasteiger partial charge in [-0.1, -0.05) is 6.07 Å². The average Bonchev–Trinajstić information content (AvgIpc) is 2.22. The number of hydrogen-bond donors (Lipinski definition) is 3. The van der Waals surface area contributed by atoms with Crippen LogP contribution in [0.3, 0.4) is 0 Å². The Morgan fingerprint density at radius 2 is 2.12 bits per heavy atom. The van der Waals surface area contributed by atoms with Gasteiger partial charge in [0.2, 0.25) is 0 Å². The SMILES string of the molecule is COC(=O)Nc1cc(CC(=O)O)ccc1O. The summed E-state index contributed by atoms with van der Waals surface area (Å²) in [5.74, 6) is -1.14. The van der Waals surface area contributed by atoms with E-state index < -0.39 is 12.1 Å². The number of amides is 1. The second-order valence-corrected chi connectivity index (χ2v) is 3.04. The molecule has 1 amide bonds. The highest BCUT2D eigenvalue weighted by Crippen LogP contribution is 2.24. The number of aromatic hydroxyl groups is 1. The van der Waals surface area contributed by atoms with E-state index in [1.54, 1.807) is 0 Å². The number of carboxylic acids is 1. The predicted molar refractivity (Wildman–Crippen MR) is 55.5 cm³/mol. The smallest absolute Gasteiger partial charge is 0.411 e. The molecule has 16 heavy (non-hydrogen) atoms. The number of anilines is 1. The number of carbonyl (C=O) groups is 2. The highest BCUT2D eigenvalue weighted by molar-refractivity contribution is 5.87. The second-order valence-electron chi connectivity index (χ2n) is 3.04. The number of hydrogen-bond acceptors (Lipinski definition) is 4. The molecule has 0 atom stereocenters. The summed E-state index contributed by atoms with van der Waals surface area (Å²) in [5, 5.41) is 20.2. The van der Waals surface area contributed by atoms with Gasteiger partial charge in [-0.05, 0) is 17.7 Å². The van der Waals surface area contributed by atoms with Gasteiger partial charge in [-0.3, -0.25) is 10.1 Å². The van der Waals surface area contributed by atoms with Crippen LogP contribution in [0.5, 0.6) is 5.75 Å². The van der Waals surface area contributed by atoms with Crippen molar-refractivity contribution in [1.82, 2.24) is 0 Å². The Labute approximate surface area is 91.5 Å². The number of nitrogens with one attached hydrogen (secondary N) is 1. The Morgan fingerprint density at radius 1 is 1.44 bits per heavy atom. The summed E-state index contributed by atoms with van der Waals surface area (Å²) in [6.07, 6.45) is -0.918. The van der Waals surface area contributed by atoms with Crippen LogP contribution >= 0.6 is 0 Å². The first-order valence-corrected chi connectivity index (χ1v) is 4.41. The van der Waals surface area contributed by atoms with Crippen LogP contribution in [0.1, 0.15) is 5.56 Å². The van der Waals surface area contributed by atoms with E-state index in [1.807, 2.05) is 0 Å². The summed E-state index contributed by atoms with van der Waals surface area (Å²) >= 11 is 0. The lowest BCUT2D eigenvalue weighted by atomic mass is 10.1. The van der Waals surface area contributed by atoms with Crippen molar-refractivity contribution in [2.45, 2.75) is 6.42 Å². The van der Waals surface area contributed by atoms with Crippen molar-refractivity contribution >= 4 is 17.7 Å². The largest absolute Gasteiger partial charge is 0.506 e. The molecule has 1 aromatic carbocycles. The molecular formula is C10H11NO5. The highest BCUT2D eigenvalue weighted by atomic mass is 16.5. The van der Waals surface area contributed by atoms with E-state index >= 15 is 0 Å². The van der Waals surface area contributed by atoms with Crippen molar-refractivity contribution in [3.05, 3.63) is 23.8 Å². The van der Waals surface area contributed by atoms with Gasteiger partial charge in [-0.15, -0.1) is 0 Å². The van der Waals surface area contributed by atoms with E-state index in [-0.39, 0.29) is 17.9 Å². The minimum absolute atomic E-state index is 0.116. The van der Waals surface area contributed by atoms with E-state index in [0.29, 0.717) is 5.56 Å². The molecule has 0 saturated heterocycles. The van der Waals surface area contributed by atoms with Gasteiger partial charge in [0.25, 0.3) is 0 Å². The third kappa shape index (κ3) is 3.16. The highest BCUT2D eigenvalue weighted by Gasteiger charge is 2.08. The van der Waals surface area contributed by atoms with Crippen LogP contribution in [0.25, 0.3) is 0 Å². The molecule has 0 aromatic heterocycles. The maximum absolute atomic E-state index is 10.9. The average molecular weight is 225 g/mol. The second kappa shape index (κ2) is 5.01. The fraction of sp³-hybridized carbons (Fsp3) is 0.200. The number of aliphatic carboxylic acids is 1. The fourth-order valence-electron chi connectivity index (χ4n) is 1.13. The number of methoxy groups -OCH3 is 1.